The van der Waals surface area contributed by atoms with Crippen molar-refractivity contribution < 1.29 is 9.90 Å². The van der Waals surface area contributed by atoms with Gasteiger partial charge in [0.15, 0.2) is 0 Å². The number of benzene rings is 1. The molecule has 1 aromatic rings. The Kier molecular flexibility index (Phi) is 6.85. The second-order valence-electron chi connectivity index (χ2n) is 3.79. The molecule has 0 saturated heterocycles. The summed E-state index contributed by atoms with van der Waals surface area (Å²) in [7, 11) is 0. The van der Waals surface area contributed by atoms with Gasteiger partial charge in [0, 0.05) is 6.04 Å². The highest BCUT2D eigenvalue weighted by molar-refractivity contribution is 5.89. The van der Waals surface area contributed by atoms with Crippen molar-refractivity contribution in [2.75, 3.05) is 13.1 Å². The first-order valence-corrected chi connectivity index (χ1v) is 5.68. The van der Waals surface area contributed by atoms with Crippen LogP contribution in [0.5, 0.6) is 0 Å². The molecule has 0 spiro atoms. The Morgan fingerprint density at radius 2 is 1.82 bits per heavy atom. The SMILES string of the molecule is CCN(CC)C(C)c1ccccc1C(=O)O.Cl. The van der Waals surface area contributed by atoms with E-state index in [9.17, 15) is 4.79 Å². The highest BCUT2D eigenvalue weighted by atomic mass is 35.5. The molecule has 0 saturated carbocycles. The van der Waals surface area contributed by atoms with Gasteiger partial charge in [0.25, 0.3) is 0 Å². The molecule has 0 radical (unpaired) electrons. The third-order valence-corrected chi connectivity index (χ3v) is 3.00. The maximum absolute atomic E-state index is 11.1. The molecule has 17 heavy (non-hydrogen) atoms. The monoisotopic (exact) mass is 257 g/mol. The first-order chi connectivity index (χ1) is 7.61. The van der Waals surface area contributed by atoms with Crippen LogP contribution in [0.15, 0.2) is 24.3 Å². The number of rotatable bonds is 5. The van der Waals surface area contributed by atoms with E-state index in [4.69, 9.17) is 5.11 Å². The predicted molar refractivity (Wildman–Crippen MR) is 72.0 cm³/mol. The van der Waals surface area contributed by atoms with Gasteiger partial charge in [-0.3, -0.25) is 4.90 Å². The fourth-order valence-electron chi connectivity index (χ4n) is 2.02. The fourth-order valence-corrected chi connectivity index (χ4v) is 2.02. The van der Waals surface area contributed by atoms with Crippen LogP contribution in [-0.2, 0) is 0 Å². The maximum atomic E-state index is 11.1. The molecule has 0 heterocycles. The lowest BCUT2D eigenvalue weighted by Gasteiger charge is -2.27. The van der Waals surface area contributed by atoms with Crippen LogP contribution in [0, 0.1) is 0 Å². The van der Waals surface area contributed by atoms with E-state index in [0.717, 1.165) is 18.7 Å². The second-order valence-corrected chi connectivity index (χ2v) is 3.79. The van der Waals surface area contributed by atoms with E-state index in [1.54, 1.807) is 12.1 Å². The van der Waals surface area contributed by atoms with Crippen molar-refractivity contribution in [1.29, 1.82) is 0 Å². The smallest absolute Gasteiger partial charge is 0.336 e. The number of hydrogen-bond donors (Lipinski definition) is 1. The number of carboxylic acid groups (broad SMARTS) is 1. The van der Waals surface area contributed by atoms with Crippen LogP contribution in [0.1, 0.15) is 42.7 Å². The second kappa shape index (κ2) is 7.30. The van der Waals surface area contributed by atoms with Gasteiger partial charge in [-0.05, 0) is 31.6 Å². The van der Waals surface area contributed by atoms with E-state index in [1.807, 2.05) is 12.1 Å². The third kappa shape index (κ3) is 3.72. The molecule has 96 valence electrons. The number of nitrogens with zero attached hydrogens (tertiary/aromatic N) is 1. The molecule has 1 unspecified atom stereocenters. The Labute approximate surface area is 109 Å². The molecule has 3 nitrogen and oxygen atoms in total. The average Bonchev–Trinajstić information content (AvgIpc) is 2.30. The largest absolute Gasteiger partial charge is 0.478 e. The Morgan fingerprint density at radius 3 is 2.29 bits per heavy atom. The van der Waals surface area contributed by atoms with Gasteiger partial charge in [0.2, 0.25) is 0 Å². The molecule has 1 aromatic carbocycles. The average molecular weight is 258 g/mol. The summed E-state index contributed by atoms with van der Waals surface area (Å²) in [5.41, 5.74) is 1.29. The van der Waals surface area contributed by atoms with E-state index < -0.39 is 5.97 Å². The molecule has 0 aromatic heterocycles. The Bertz CT molecular complexity index is 364. The van der Waals surface area contributed by atoms with E-state index in [-0.39, 0.29) is 18.4 Å². The van der Waals surface area contributed by atoms with Gasteiger partial charge in [-0.2, -0.15) is 0 Å². The summed E-state index contributed by atoms with van der Waals surface area (Å²) in [5, 5.41) is 9.12. The summed E-state index contributed by atoms with van der Waals surface area (Å²) in [4.78, 5) is 13.3. The summed E-state index contributed by atoms with van der Waals surface area (Å²) in [6.45, 7) is 8.07. The van der Waals surface area contributed by atoms with Crippen molar-refractivity contribution in [1.82, 2.24) is 4.90 Å². The van der Waals surface area contributed by atoms with Gasteiger partial charge < -0.3 is 5.11 Å². The normalized spacial score (nSPS) is 12.0. The van der Waals surface area contributed by atoms with E-state index in [0.29, 0.717) is 5.56 Å². The minimum atomic E-state index is -0.852. The summed E-state index contributed by atoms with van der Waals surface area (Å²) in [5.74, 6) is -0.852. The lowest BCUT2D eigenvalue weighted by Crippen LogP contribution is -2.27. The van der Waals surface area contributed by atoms with Crippen LogP contribution in [0.2, 0.25) is 0 Å². The van der Waals surface area contributed by atoms with Gasteiger partial charge in [0.1, 0.15) is 0 Å². The standard InChI is InChI=1S/C13H19NO2.ClH/c1-4-14(5-2)10(3)11-8-6-7-9-12(11)13(15)16;/h6-10H,4-5H2,1-3H3,(H,15,16);1H. The number of carbonyl (C=O) groups is 1. The number of carboxylic acids is 1. The number of halogens is 1. The van der Waals surface area contributed by atoms with Crippen molar-refractivity contribution in [3.63, 3.8) is 0 Å². The molecular weight excluding hydrogens is 238 g/mol. The maximum Gasteiger partial charge on any atom is 0.336 e. The molecule has 1 N–H and O–H groups in total. The lowest BCUT2D eigenvalue weighted by atomic mass is 10.0. The quantitative estimate of drug-likeness (QED) is 0.881. The Balaban J connectivity index is 0.00000256. The van der Waals surface area contributed by atoms with E-state index in [2.05, 4.69) is 25.7 Å². The zero-order valence-corrected chi connectivity index (χ0v) is 11.3. The minimum Gasteiger partial charge on any atom is -0.478 e. The van der Waals surface area contributed by atoms with Crippen molar-refractivity contribution in [3.8, 4) is 0 Å². The topological polar surface area (TPSA) is 40.5 Å². The van der Waals surface area contributed by atoms with Crippen LogP contribution in [0.4, 0.5) is 0 Å². The van der Waals surface area contributed by atoms with Gasteiger partial charge in [-0.15, -0.1) is 12.4 Å². The Morgan fingerprint density at radius 1 is 1.29 bits per heavy atom. The molecule has 0 fully saturated rings. The van der Waals surface area contributed by atoms with Gasteiger partial charge >= 0.3 is 5.97 Å². The molecule has 1 atom stereocenters. The highest BCUT2D eigenvalue weighted by Crippen LogP contribution is 2.23. The first kappa shape index (κ1) is 15.9. The number of hydrogen-bond acceptors (Lipinski definition) is 2. The number of aromatic carboxylic acids is 1. The van der Waals surface area contributed by atoms with Gasteiger partial charge in [0.05, 0.1) is 5.56 Å². The summed E-state index contributed by atoms with van der Waals surface area (Å²) in [6.07, 6.45) is 0. The fraction of sp³-hybridized carbons (Fsp3) is 0.462. The lowest BCUT2D eigenvalue weighted by molar-refractivity contribution is 0.0693. The summed E-state index contributed by atoms with van der Waals surface area (Å²) >= 11 is 0. The molecule has 0 aliphatic carbocycles. The van der Waals surface area contributed by atoms with Crippen molar-refractivity contribution >= 4 is 18.4 Å². The molecule has 4 heteroatoms. The molecule has 0 aliphatic heterocycles. The summed E-state index contributed by atoms with van der Waals surface area (Å²) in [6, 6.07) is 7.36. The molecule has 0 aliphatic rings. The highest BCUT2D eigenvalue weighted by Gasteiger charge is 2.18. The van der Waals surface area contributed by atoms with Crippen molar-refractivity contribution in [3.05, 3.63) is 35.4 Å². The van der Waals surface area contributed by atoms with Crippen molar-refractivity contribution in [2.45, 2.75) is 26.8 Å². The summed E-state index contributed by atoms with van der Waals surface area (Å²) < 4.78 is 0. The third-order valence-electron chi connectivity index (χ3n) is 3.00. The van der Waals surface area contributed by atoms with Crippen LogP contribution in [0.3, 0.4) is 0 Å². The van der Waals surface area contributed by atoms with Crippen LogP contribution >= 0.6 is 12.4 Å². The molecule has 1 rings (SSSR count). The van der Waals surface area contributed by atoms with Crippen LogP contribution in [-0.4, -0.2) is 29.1 Å². The molecular formula is C13H20ClNO2. The van der Waals surface area contributed by atoms with Gasteiger partial charge in [-0.1, -0.05) is 32.0 Å². The Hall–Kier alpha value is -1.06. The predicted octanol–water partition coefficient (Wildman–Crippen LogP) is 3.21. The van der Waals surface area contributed by atoms with Crippen molar-refractivity contribution in [2.24, 2.45) is 0 Å². The van der Waals surface area contributed by atoms with Crippen LogP contribution < -0.4 is 0 Å². The molecule has 0 amide bonds. The zero-order valence-electron chi connectivity index (χ0n) is 10.5. The minimum absolute atomic E-state index is 0. The van der Waals surface area contributed by atoms with Crippen LogP contribution in [0.25, 0.3) is 0 Å². The van der Waals surface area contributed by atoms with E-state index in [1.165, 1.54) is 0 Å². The van der Waals surface area contributed by atoms with E-state index >= 15 is 0 Å². The first-order valence-electron chi connectivity index (χ1n) is 5.68. The van der Waals surface area contributed by atoms with Gasteiger partial charge in [-0.25, -0.2) is 4.79 Å². The zero-order chi connectivity index (χ0) is 12.1. The molecule has 0 bridgehead atoms.